The van der Waals surface area contributed by atoms with Gasteiger partial charge in [-0.25, -0.2) is 9.97 Å². The van der Waals surface area contributed by atoms with Crippen molar-refractivity contribution in [2.45, 2.75) is 32.2 Å². The highest BCUT2D eigenvalue weighted by molar-refractivity contribution is 7.19. The molecule has 1 aliphatic heterocycles. The lowest BCUT2D eigenvalue weighted by Crippen LogP contribution is -2.36. The molecule has 0 bridgehead atoms. The van der Waals surface area contributed by atoms with Gasteiger partial charge in [0.05, 0.1) is 25.1 Å². The van der Waals surface area contributed by atoms with Crippen molar-refractivity contribution in [1.82, 2.24) is 14.9 Å². The number of rotatable bonds is 6. The fourth-order valence-electron chi connectivity index (χ4n) is 4.17. The average molecular weight is 395 g/mol. The quantitative estimate of drug-likeness (QED) is 0.691. The summed E-state index contributed by atoms with van der Waals surface area (Å²) >= 11 is 1.87. The molecule has 28 heavy (non-hydrogen) atoms. The Morgan fingerprint density at radius 1 is 1.07 bits per heavy atom. The van der Waals surface area contributed by atoms with E-state index >= 15 is 0 Å². The summed E-state index contributed by atoms with van der Waals surface area (Å²) in [5.74, 6) is 1.96. The number of thiophene rings is 1. The van der Waals surface area contributed by atoms with Crippen LogP contribution in [0.15, 0.2) is 30.3 Å². The first-order valence-corrected chi connectivity index (χ1v) is 11.1. The summed E-state index contributed by atoms with van der Waals surface area (Å²) in [6.07, 6.45) is 4.61. The number of hydrogen-bond acceptors (Lipinski definition) is 6. The topological polar surface area (TPSA) is 50.3 Å². The van der Waals surface area contributed by atoms with Gasteiger partial charge in [0.1, 0.15) is 16.5 Å². The lowest BCUT2D eigenvalue weighted by atomic mass is 10.1. The van der Waals surface area contributed by atoms with Gasteiger partial charge >= 0.3 is 0 Å². The van der Waals surface area contributed by atoms with Gasteiger partial charge in [-0.15, -0.1) is 11.3 Å². The highest BCUT2D eigenvalue weighted by Crippen LogP contribution is 2.39. The number of morpholine rings is 1. The number of anilines is 1. The molecule has 3 heterocycles. The molecule has 1 aromatic carbocycles. The van der Waals surface area contributed by atoms with Crippen LogP contribution in [0.25, 0.3) is 10.2 Å². The molecule has 0 amide bonds. The molecule has 0 atom stereocenters. The SMILES string of the molecule is c1ccc(CCNc2nc(CN3CCOCC3)nc3sc4c(c23)CCC4)cc1. The van der Waals surface area contributed by atoms with Gasteiger partial charge < -0.3 is 10.1 Å². The van der Waals surface area contributed by atoms with Crippen LogP contribution in [0, 0.1) is 0 Å². The zero-order valence-corrected chi connectivity index (χ0v) is 16.9. The minimum Gasteiger partial charge on any atom is -0.379 e. The van der Waals surface area contributed by atoms with E-state index in [1.165, 1.54) is 34.2 Å². The van der Waals surface area contributed by atoms with Crippen LogP contribution in [0.3, 0.4) is 0 Å². The second-order valence-corrected chi connectivity index (χ2v) is 8.66. The Kier molecular flexibility index (Phi) is 5.25. The summed E-state index contributed by atoms with van der Waals surface area (Å²) in [6.45, 7) is 5.21. The zero-order valence-electron chi connectivity index (χ0n) is 16.1. The number of aryl methyl sites for hydroxylation is 2. The fraction of sp³-hybridized carbons (Fsp3) is 0.455. The first kappa shape index (κ1) is 18.0. The molecule has 1 N–H and O–H groups in total. The number of fused-ring (bicyclic) bond motifs is 3. The number of benzene rings is 1. The molecule has 1 aliphatic carbocycles. The standard InChI is InChI=1S/C22H26N4OS/c1-2-5-16(6-3-1)9-10-23-21-20-17-7-4-8-18(17)28-22(20)25-19(24-21)15-26-11-13-27-14-12-26/h1-3,5-6H,4,7-15H2,(H,23,24,25). The van der Waals surface area contributed by atoms with Crippen molar-refractivity contribution < 1.29 is 4.74 Å². The normalized spacial score (nSPS) is 17.1. The minimum absolute atomic E-state index is 0.801. The van der Waals surface area contributed by atoms with Crippen molar-refractivity contribution in [2.75, 3.05) is 38.2 Å². The van der Waals surface area contributed by atoms with Crippen LogP contribution >= 0.6 is 11.3 Å². The molecule has 5 rings (SSSR count). The Bertz CT molecular complexity index is 950. The molecule has 0 unspecified atom stereocenters. The molecule has 1 fully saturated rings. The first-order valence-electron chi connectivity index (χ1n) is 10.3. The molecular weight excluding hydrogens is 368 g/mol. The first-order chi connectivity index (χ1) is 13.9. The third kappa shape index (κ3) is 3.77. The molecule has 0 spiro atoms. The number of nitrogens with zero attached hydrogens (tertiary/aromatic N) is 3. The molecule has 5 nitrogen and oxygen atoms in total. The third-order valence-corrected chi connectivity index (χ3v) is 6.81. The number of hydrogen-bond donors (Lipinski definition) is 1. The van der Waals surface area contributed by atoms with Gasteiger partial charge in [-0.3, -0.25) is 4.90 Å². The Balaban J connectivity index is 1.40. The fourth-order valence-corrected chi connectivity index (χ4v) is 5.45. The van der Waals surface area contributed by atoms with Crippen molar-refractivity contribution in [3.05, 3.63) is 52.2 Å². The summed E-state index contributed by atoms with van der Waals surface area (Å²) in [6, 6.07) is 10.6. The van der Waals surface area contributed by atoms with Gasteiger partial charge in [0, 0.05) is 24.5 Å². The van der Waals surface area contributed by atoms with Crippen molar-refractivity contribution in [3.8, 4) is 0 Å². The lowest BCUT2D eigenvalue weighted by Gasteiger charge is -2.25. The highest BCUT2D eigenvalue weighted by atomic mass is 32.1. The summed E-state index contributed by atoms with van der Waals surface area (Å²) in [5, 5.41) is 4.92. The maximum Gasteiger partial charge on any atom is 0.146 e. The van der Waals surface area contributed by atoms with Crippen molar-refractivity contribution >= 4 is 27.4 Å². The van der Waals surface area contributed by atoms with E-state index in [-0.39, 0.29) is 0 Å². The minimum atomic E-state index is 0.801. The molecule has 146 valence electrons. The zero-order chi connectivity index (χ0) is 18.8. The van der Waals surface area contributed by atoms with Gasteiger partial charge in [0.15, 0.2) is 0 Å². The van der Waals surface area contributed by atoms with Gasteiger partial charge in [0.2, 0.25) is 0 Å². The van der Waals surface area contributed by atoms with Crippen LogP contribution < -0.4 is 5.32 Å². The van der Waals surface area contributed by atoms with Gasteiger partial charge in [0.25, 0.3) is 0 Å². The molecule has 2 aromatic heterocycles. The molecule has 3 aromatic rings. The van der Waals surface area contributed by atoms with Crippen molar-refractivity contribution in [3.63, 3.8) is 0 Å². The van der Waals surface area contributed by atoms with Crippen LogP contribution in [-0.2, 0) is 30.5 Å². The van der Waals surface area contributed by atoms with Crippen molar-refractivity contribution in [1.29, 1.82) is 0 Å². The van der Waals surface area contributed by atoms with E-state index in [1.807, 2.05) is 11.3 Å². The van der Waals surface area contributed by atoms with Crippen LogP contribution in [0.5, 0.6) is 0 Å². The second-order valence-electron chi connectivity index (χ2n) is 7.58. The van der Waals surface area contributed by atoms with E-state index in [9.17, 15) is 0 Å². The molecule has 2 aliphatic rings. The Morgan fingerprint density at radius 3 is 2.79 bits per heavy atom. The number of ether oxygens (including phenoxy) is 1. The van der Waals surface area contributed by atoms with E-state index in [1.54, 1.807) is 0 Å². The molecule has 0 saturated carbocycles. The van der Waals surface area contributed by atoms with Crippen LogP contribution in [-0.4, -0.2) is 47.7 Å². The van der Waals surface area contributed by atoms with E-state index in [0.717, 1.165) is 68.7 Å². The predicted molar refractivity (Wildman–Crippen MR) is 114 cm³/mol. The average Bonchev–Trinajstić information content (AvgIpc) is 3.30. The van der Waals surface area contributed by atoms with E-state index in [4.69, 9.17) is 14.7 Å². The Hall–Kier alpha value is -2.02. The number of nitrogens with one attached hydrogen (secondary N) is 1. The highest BCUT2D eigenvalue weighted by Gasteiger charge is 2.23. The van der Waals surface area contributed by atoms with Crippen molar-refractivity contribution in [2.24, 2.45) is 0 Å². The van der Waals surface area contributed by atoms with Crippen LogP contribution in [0.2, 0.25) is 0 Å². The molecule has 1 saturated heterocycles. The van der Waals surface area contributed by atoms with Gasteiger partial charge in [-0.1, -0.05) is 30.3 Å². The third-order valence-electron chi connectivity index (χ3n) is 5.63. The second kappa shape index (κ2) is 8.15. The molecule has 6 heteroatoms. The molecular formula is C22H26N4OS. The summed E-state index contributed by atoms with van der Waals surface area (Å²) in [5.41, 5.74) is 2.84. The maximum absolute atomic E-state index is 5.47. The van der Waals surface area contributed by atoms with Gasteiger partial charge in [-0.2, -0.15) is 0 Å². The lowest BCUT2D eigenvalue weighted by molar-refractivity contribution is 0.0331. The summed E-state index contributed by atoms with van der Waals surface area (Å²) in [7, 11) is 0. The van der Waals surface area contributed by atoms with E-state index in [2.05, 4.69) is 40.5 Å². The Morgan fingerprint density at radius 2 is 1.93 bits per heavy atom. The Labute approximate surface area is 169 Å². The number of aromatic nitrogens is 2. The largest absolute Gasteiger partial charge is 0.379 e. The smallest absolute Gasteiger partial charge is 0.146 e. The van der Waals surface area contributed by atoms with E-state index < -0.39 is 0 Å². The maximum atomic E-state index is 5.47. The molecule has 0 radical (unpaired) electrons. The van der Waals surface area contributed by atoms with Crippen LogP contribution in [0.1, 0.15) is 28.2 Å². The van der Waals surface area contributed by atoms with Gasteiger partial charge in [-0.05, 0) is 36.8 Å². The monoisotopic (exact) mass is 394 g/mol. The summed E-state index contributed by atoms with van der Waals surface area (Å²) in [4.78, 5) is 15.0. The predicted octanol–water partition coefficient (Wildman–Crippen LogP) is 3.67. The summed E-state index contributed by atoms with van der Waals surface area (Å²) < 4.78 is 5.47. The van der Waals surface area contributed by atoms with E-state index in [0.29, 0.717) is 0 Å². The van der Waals surface area contributed by atoms with Crippen LogP contribution in [0.4, 0.5) is 5.82 Å².